The van der Waals surface area contributed by atoms with E-state index in [4.69, 9.17) is 21.3 Å². The summed E-state index contributed by atoms with van der Waals surface area (Å²) in [7, 11) is 0. The van der Waals surface area contributed by atoms with E-state index in [2.05, 4.69) is 10.3 Å². The maximum atomic E-state index is 12.3. The zero-order chi connectivity index (χ0) is 18.4. The van der Waals surface area contributed by atoms with Gasteiger partial charge in [-0.1, -0.05) is 6.07 Å². The van der Waals surface area contributed by atoms with E-state index < -0.39 is 12.6 Å². The van der Waals surface area contributed by atoms with Crippen LogP contribution in [0.2, 0.25) is 0 Å². The highest BCUT2D eigenvalue weighted by Gasteiger charge is 2.09. The van der Waals surface area contributed by atoms with E-state index >= 15 is 0 Å². The molecule has 26 heavy (non-hydrogen) atoms. The van der Waals surface area contributed by atoms with Gasteiger partial charge < -0.3 is 26.6 Å². The van der Waals surface area contributed by atoms with Crippen LogP contribution in [0.3, 0.4) is 0 Å². The fraction of sp³-hybridized carbons (Fsp3) is 0.118. The maximum absolute atomic E-state index is 12.3. The molecule has 0 fully saturated rings. The number of aryl methyl sites for hydroxylation is 1. The number of nitrogens with zero attached hydrogens (tertiary/aromatic N) is 1. The molecule has 2 aromatic carbocycles. The minimum atomic E-state index is -1.08. The summed E-state index contributed by atoms with van der Waals surface area (Å²) in [6.45, 7) is 1.36. The van der Waals surface area contributed by atoms with Crippen molar-refractivity contribution in [2.24, 2.45) is 16.5 Å². The number of guanidine groups is 1. The van der Waals surface area contributed by atoms with Gasteiger partial charge in [0.15, 0.2) is 12.6 Å². The molecule has 0 aliphatic rings. The van der Waals surface area contributed by atoms with E-state index in [1.807, 2.05) is 6.92 Å². The monoisotopic (exact) mass is 378 g/mol. The van der Waals surface area contributed by atoms with Crippen LogP contribution in [0.4, 0.5) is 11.4 Å². The Kier molecular flexibility index (Phi) is 7.42. The number of halogens is 1. The first-order valence-corrected chi connectivity index (χ1v) is 7.31. The summed E-state index contributed by atoms with van der Waals surface area (Å²) in [4.78, 5) is 26.8. The second-order valence-corrected chi connectivity index (χ2v) is 5.20. The Bertz CT molecular complexity index is 818. The van der Waals surface area contributed by atoms with Crippen molar-refractivity contribution in [3.05, 3.63) is 53.6 Å². The standard InChI is InChI=1S/C17H18N4O4.ClH/c1-10-2-7-13(25-9-15(22)23)8-14(10)21-16(24)11-3-5-12(6-4-11)20-17(18)19;/h2-8H,9H2,1H3,(H,21,24)(H,22,23)(H4,18,19,20);1H. The largest absolute Gasteiger partial charge is 0.482 e. The van der Waals surface area contributed by atoms with Crippen molar-refractivity contribution in [1.29, 1.82) is 0 Å². The summed E-state index contributed by atoms with van der Waals surface area (Å²) in [5.74, 6) is -1.11. The average Bonchev–Trinajstić information content (AvgIpc) is 2.55. The van der Waals surface area contributed by atoms with Gasteiger partial charge in [-0.05, 0) is 42.8 Å². The van der Waals surface area contributed by atoms with Gasteiger partial charge in [0.25, 0.3) is 5.91 Å². The summed E-state index contributed by atoms with van der Waals surface area (Å²) in [5.41, 5.74) is 12.9. The molecule has 1 amide bonds. The van der Waals surface area contributed by atoms with Gasteiger partial charge in [-0.2, -0.15) is 0 Å². The molecule has 0 atom stereocenters. The van der Waals surface area contributed by atoms with Crippen LogP contribution in [0.15, 0.2) is 47.5 Å². The number of carbonyl (C=O) groups excluding carboxylic acids is 1. The van der Waals surface area contributed by atoms with E-state index in [1.54, 1.807) is 42.5 Å². The molecule has 0 saturated carbocycles. The van der Waals surface area contributed by atoms with Crippen molar-refractivity contribution in [1.82, 2.24) is 0 Å². The topological polar surface area (TPSA) is 140 Å². The molecule has 0 bridgehead atoms. The van der Waals surface area contributed by atoms with Gasteiger partial charge in [0.05, 0.1) is 5.69 Å². The molecule has 8 nitrogen and oxygen atoms in total. The molecule has 0 heterocycles. The quantitative estimate of drug-likeness (QED) is 0.448. The zero-order valence-corrected chi connectivity index (χ0v) is 14.7. The van der Waals surface area contributed by atoms with Crippen LogP contribution in [0.1, 0.15) is 15.9 Å². The number of carbonyl (C=O) groups is 2. The molecular formula is C17H19ClN4O4. The third-order valence-electron chi connectivity index (χ3n) is 3.21. The van der Waals surface area contributed by atoms with Crippen molar-refractivity contribution >= 4 is 41.6 Å². The summed E-state index contributed by atoms with van der Waals surface area (Å²) in [5, 5.41) is 11.4. The molecule has 0 radical (unpaired) electrons. The summed E-state index contributed by atoms with van der Waals surface area (Å²) < 4.78 is 5.11. The van der Waals surface area contributed by atoms with E-state index in [0.29, 0.717) is 22.7 Å². The van der Waals surface area contributed by atoms with E-state index in [-0.39, 0.29) is 24.3 Å². The number of aliphatic carboxylic acids is 1. The lowest BCUT2D eigenvalue weighted by molar-refractivity contribution is -0.139. The Balaban J connectivity index is 0.00000338. The molecule has 2 aromatic rings. The second kappa shape index (κ2) is 9.28. The van der Waals surface area contributed by atoms with Gasteiger partial charge in [0, 0.05) is 17.3 Å². The highest BCUT2D eigenvalue weighted by Crippen LogP contribution is 2.23. The average molecular weight is 379 g/mol. The Morgan fingerprint density at radius 3 is 2.38 bits per heavy atom. The Hall–Kier alpha value is -3.26. The van der Waals surface area contributed by atoms with E-state index in [9.17, 15) is 9.59 Å². The predicted octanol–water partition coefficient (Wildman–Crippen LogP) is 2.04. The molecule has 0 aromatic heterocycles. The van der Waals surface area contributed by atoms with Crippen LogP contribution < -0.4 is 21.5 Å². The highest BCUT2D eigenvalue weighted by atomic mass is 35.5. The van der Waals surface area contributed by atoms with Gasteiger partial charge >= 0.3 is 5.97 Å². The number of anilines is 1. The lowest BCUT2D eigenvalue weighted by atomic mass is 10.1. The van der Waals surface area contributed by atoms with Crippen LogP contribution in [-0.2, 0) is 4.79 Å². The number of carboxylic acid groups (broad SMARTS) is 1. The molecule has 2 rings (SSSR count). The predicted molar refractivity (Wildman–Crippen MR) is 101 cm³/mol. The molecule has 0 unspecified atom stereocenters. The van der Waals surface area contributed by atoms with Crippen LogP contribution in [0.25, 0.3) is 0 Å². The summed E-state index contributed by atoms with van der Waals surface area (Å²) in [6.07, 6.45) is 0. The molecule has 138 valence electrons. The lowest BCUT2D eigenvalue weighted by Gasteiger charge is -2.11. The minimum Gasteiger partial charge on any atom is -0.482 e. The van der Waals surface area contributed by atoms with Crippen LogP contribution in [0, 0.1) is 6.92 Å². The van der Waals surface area contributed by atoms with Gasteiger partial charge in [0.1, 0.15) is 5.75 Å². The van der Waals surface area contributed by atoms with Gasteiger partial charge in [-0.15, -0.1) is 12.4 Å². The van der Waals surface area contributed by atoms with Crippen molar-refractivity contribution in [2.45, 2.75) is 6.92 Å². The van der Waals surface area contributed by atoms with E-state index in [1.165, 1.54) is 0 Å². The summed E-state index contributed by atoms with van der Waals surface area (Å²) >= 11 is 0. The number of nitrogens with one attached hydrogen (secondary N) is 1. The van der Waals surface area contributed by atoms with Crippen LogP contribution in [0.5, 0.6) is 5.75 Å². The molecule has 9 heteroatoms. The Morgan fingerprint density at radius 2 is 1.81 bits per heavy atom. The van der Waals surface area contributed by atoms with Crippen molar-refractivity contribution in [3.63, 3.8) is 0 Å². The smallest absolute Gasteiger partial charge is 0.341 e. The zero-order valence-electron chi connectivity index (χ0n) is 13.9. The molecule has 0 saturated heterocycles. The molecule has 0 spiro atoms. The van der Waals surface area contributed by atoms with Crippen molar-refractivity contribution in [2.75, 3.05) is 11.9 Å². The van der Waals surface area contributed by atoms with Crippen LogP contribution in [-0.4, -0.2) is 29.5 Å². The number of ether oxygens (including phenoxy) is 1. The third kappa shape index (κ3) is 5.99. The molecule has 6 N–H and O–H groups in total. The Labute approximate surface area is 156 Å². The highest BCUT2D eigenvalue weighted by molar-refractivity contribution is 6.05. The number of rotatable bonds is 6. The fourth-order valence-electron chi connectivity index (χ4n) is 2.00. The van der Waals surface area contributed by atoms with Gasteiger partial charge in [-0.25, -0.2) is 9.79 Å². The first-order valence-electron chi connectivity index (χ1n) is 7.31. The fourth-order valence-corrected chi connectivity index (χ4v) is 2.00. The van der Waals surface area contributed by atoms with Crippen LogP contribution >= 0.6 is 12.4 Å². The third-order valence-corrected chi connectivity index (χ3v) is 3.21. The number of benzene rings is 2. The number of hydrogen-bond acceptors (Lipinski definition) is 4. The van der Waals surface area contributed by atoms with Crippen molar-refractivity contribution < 1.29 is 19.4 Å². The normalized spacial score (nSPS) is 9.58. The second-order valence-electron chi connectivity index (χ2n) is 5.20. The number of aliphatic imine (C=N–C) groups is 1. The summed E-state index contributed by atoms with van der Waals surface area (Å²) in [6, 6.07) is 11.4. The molecule has 0 aliphatic carbocycles. The maximum Gasteiger partial charge on any atom is 0.341 e. The number of nitrogens with two attached hydrogens (primary N) is 2. The minimum absolute atomic E-state index is 0. The van der Waals surface area contributed by atoms with Gasteiger partial charge in [0.2, 0.25) is 0 Å². The SMILES string of the molecule is Cc1ccc(OCC(=O)O)cc1NC(=O)c1ccc(N=C(N)N)cc1.Cl. The number of hydrogen-bond donors (Lipinski definition) is 4. The number of amides is 1. The van der Waals surface area contributed by atoms with Gasteiger partial charge in [-0.3, -0.25) is 4.79 Å². The Morgan fingerprint density at radius 1 is 1.15 bits per heavy atom. The molecular weight excluding hydrogens is 360 g/mol. The molecule has 0 aliphatic heterocycles. The van der Waals surface area contributed by atoms with E-state index in [0.717, 1.165) is 5.56 Å². The number of carboxylic acids is 1. The lowest BCUT2D eigenvalue weighted by Crippen LogP contribution is -2.21. The first-order chi connectivity index (χ1) is 11.8. The van der Waals surface area contributed by atoms with Crippen molar-refractivity contribution in [3.8, 4) is 5.75 Å². The first kappa shape index (κ1) is 20.8.